The van der Waals surface area contributed by atoms with E-state index in [0.29, 0.717) is 23.2 Å². The number of hydrogen-bond donors (Lipinski definition) is 1. The van der Waals surface area contributed by atoms with Crippen LogP contribution in [0.25, 0.3) is 5.52 Å². The maximum atomic E-state index is 9.02. The zero-order valence-electron chi connectivity index (χ0n) is 12.1. The van der Waals surface area contributed by atoms with E-state index in [1.165, 1.54) is 0 Å². The second-order valence-corrected chi connectivity index (χ2v) is 5.94. The maximum absolute atomic E-state index is 9.02. The van der Waals surface area contributed by atoms with Crippen molar-refractivity contribution in [1.82, 2.24) is 19.6 Å². The van der Waals surface area contributed by atoms with Crippen LogP contribution in [0.1, 0.15) is 23.9 Å². The molecule has 7 heteroatoms. The molecule has 1 saturated carbocycles. The van der Waals surface area contributed by atoms with E-state index in [1.807, 2.05) is 18.2 Å². The lowest BCUT2D eigenvalue weighted by Gasteiger charge is -2.09. The molecule has 0 aromatic carbocycles. The minimum Gasteiger partial charge on any atom is -0.363 e. The number of rotatable bonds is 4. The molecular weight excluding hydrogens is 312 g/mol. The fourth-order valence-electron chi connectivity index (χ4n) is 2.58. The Bertz CT molecular complexity index is 898. The highest BCUT2D eigenvalue weighted by atomic mass is 35.5. The van der Waals surface area contributed by atoms with E-state index in [0.717, 1.165) is 17.6 Å². The molecular formula is C16H13ClN6. The van der Waals surface area contributed by atoms with Crippen LogP contribution in [0.3, 0.4) is 0 Å². The summed E-state index contributed by atoms with van der Waals surface area (Å²) in [5.74, 6) is 1.47. The Morgan fingerprint density at radius 2 is 2.30 bits per heavy atom. The van der Waals surface area contributed by atoms with Gasteiger partial charge in [0.1, 0.15) is 5.52 Å². The van der Waals surface area contributed by atoms with Crippen molar-refractivity contribution in [2.75, 3.05) is 5.32 Å². The second kappa shape index (κ2) is 5.52. The molecule has 1 aliphatic carbocycles. The number of aromatic nitrogens is 4. The summed E-state index contributed by atoms with van der Waals surface area (Å²) in [6.45, 7) is 0.542. The van der Waals surface area contributed by atoms with Crippen molar-refractivity contribution in [2.24, 2.45) is 5.92 Å². The van der Waals surface area contributed by atoms with Crippen LogP contribution < -0.4 is 5.32 Å². The molecule has 2 atom stereocenters. The molecule has 0 amide bonds. The monoisotopic (exact) mass is 324 g/mol. The maximum Gasteiger partial charge on any atom is 0.156 e. The van der Waals surface area contributed by atoms with Crippen molar-refractivity contribution in [3.05, 3.63) is 53.2 Å². The van der Waals surface area contributed by atoms with E-state index in [9.17, 15) is 0 Å². The van der Waals surface area contributed by atoms with Crippen molar-refractivity contribution in [3.8, 4) is 6.07 Å². The minimum atomic E-state index is 0.0159. The largest absolute Gasteiger partial charge is 0.363 e. The third-order valence-electron chi connectivity index (χ3n) is 3.93. The number of pyridine rings is 1. The molecule has 0 radical (unpaired) electrons. The molecule has 0 bridgehead atoms. The lowest BCUT2D eigenvalue weighted by molar-refractivity contribution is 0.789. The summed E-state index contributed by atoms with van der Waals surface area (Å²) in [5.41, 5.74) is 1.65. The summed E-state index contributed by atoms with van der Waals surface area (Å²) in [5, 5.41) is 17.4. The summed E-state index contributed by atoms with van der Waals surface area (Å²) in [7, 11) is 0. The summed E-state index contributed by atoms with van der Waals surface area (Å²) >= 11 is 6.25. The van der Waals surface area contributed by atoms with Crippen LogP contribution in [0, 0.1) is 17.2 Å². The topological polar surface area (TPSA) is 78.9 Å². The molecule has 0 spiro atoms. The molecule has 0 unspecified atom stereocenters. The Morgan fingerprint density at radius 1 is 1.39 bits per heavy atom. The highest BCUT2D eigenvalue weighted by molar-refractivity contribution is 6.34. The van der Waals surface area contributed by atoms with E-state index >= 15 is 0 Å². The minimum absolute atomic E-state index is 0.0159. The van der Waals surface area contributed by atoms with Crippen LogP contribution in [0.15, 0.2) is 36.7 Å². The van der Waals surface area contributed by atoms with E-state index in [1.54, 1.807) is 23.0 Å². The number of anilines is 1. The van der Waals surface area contributed by atoms with Gasteiger partial charge in [0.25, 0.3) is 0 Å². The molecule has 1 fully saturated rings. The first kappa shape index (κ1) is 14.0. The summed E-state index contributed by atoms with van der Waals surface area (Å²) < 4.78 is 1.72. The van der Waals surface area contributed by atoms with Gasteiger partial charge >= 0.3 is 0 Å². The first-order chi connectivity index (χ1) is 11.3. The third kappa shape index (κ3) is 2.60. The quantitative estimate of drug-likeness (QED) is 0.798. The van der Waals surface area contributed by atoms with Gasteiger partial charge in [-0.05, 0) is 24.6 Å². The SMILES string of the molecule is N#C[C@@H]1C[C@H]1c1nc(NCc2ccccn2)c2c(Cl)ccn2n1. The Morgan fingerprint density at radius 3 is 3.04 bits per heavy atom. The first-order valence-electron chi connectivity index (χ1n) is 7.34. The Hall–Kier alpha value is -2.65. The van der Waals surface area contributed by atoms with Crippen LogP contribution in [0.2, 0.25) is 5.02 Å². The summed E-state index contributed by atoms with van der Waals surface area (Å²) in [6.07, 6.45) is 4.37. The molecule has 1 N–H and O–H groups in total. The Labute approximate surface area is 137 Å². The van der Waals surface area contributed by atoms with Gasteiger partial charge in [0.15, 0.2) is 11.6 Å². The molecule has 1 aliphatic rings. The Balaban J connectivity index is 1.69. The molecule has 3 aromatic rings. The summed E-state index contributed by atoms with van der Waals surface area (Å²) in [6, 6.07) is 9.82. The van der Waals surface area contributed by atoms with Gasteiger partial charge in [-0.3, -0.25) is 4.98 Å². The van der Waals surface area contributed by atoms with E-state index in [4.69, 9.17) is 16.9 Å². The highest BCUT2D eigenvalue weighted by Crippen LogP contribution is 2.45. The van der Waals surface area contributed by atoms with Crippen LogP contribution in [-0.2, 0) is 6.54 Å². The predicted molar refractivity (Wildman–Crippen MR) is 86.0 cm³/mol. The van der Waals surface area contributed by atoms with Crippen molar-refractivity contribution in [3.63, 3.8) is 0 Å². The Kier molecular flexibility index (Phi) is 3.36. The molecule has 0 aliphatic heterocycles. The molecule has 4 rings (SSSR count). The zero-order valence-corrected chi connectivity index (χ0v) is 12.9. The second-order valence-electron chi connectivity index (χ2n) is 5.53. The van der Waals surface area contributed by atoms with Gasteiger partial charge in [-0.2, -0.15) is 10.4 Å². The van der Waals surface area contributed by atoms with Crippen LogP contribution >= 0.6 is 11.6 Å². The molecule has 6 nitrogen and oxygen atoms in total. The van der Waals surface area contributed by atoms with Crippen molar-refractivity contribution in [2.45, 2.75) is 18.9 Å². The van der Waals surface area contributed by atoms with Crippen molar-refractivity contribution < 1.29 is 0 Å². The van der Waals surface area contributed by atoms with Gasteiger partial charge in [0, 0.05) is 18.3 Å². The normalized spacial score (nSPS) is 19.5. The number of hydrogen-bond acceptors (Lipinski definition) is 5. The molecule has 3 heterocycles. The van der Waals surface area contributed by atoms with E-state index in [-0.39, 0.29) is 11.8 Å². The standard InChI is InChI=1S/C16H13ClN6/c17-13-4-6-23-14(13)16(20-9-11-3-1-2-5-19-11)21-15(22-23)12-7-10(12)8-18/h1-6,10,12H,7,9H2,(H,20,21,22)/t10-,12+/m0/s1. The van der Waals surface area contributed by atoms with Gasteiger partial charge < -0.3 is 5.32 Å². The van der Waals surface area contributed by atoms with Gasteiger partial charge in [-0.25, -0.2) is 9.50 Å². The fraction of sp³-hybridized carbons (Fsp3) is 0.250. The third-order valence-corrected chi connectivity index (χ3v) is 4.23. The average molecular weight is 325 g/mol. The van der Waals surface area contributed by atoms with Gasteiger partial charge in [-0.1, -0.05) is 17.7 Å². The van der Waals surface area contributed by atoms with Gasteiger partial charge in [-0.15, -0.1) is 0 Å². The molecule has 23 heavy (non-hydrogen) atoms. The fourth-order valence-corrected chi connectivity index (χ4v) is 2.82. The number of fused-ring (bicyclic) bond motifs is 1. The van der Waals surface area contributed by atoms with E-state index in [2.05, 4.69) is 26.5 Å². The average Bonchev–Trinajstić information content (AvgIpc) is 3.29. The lowest BCUT2D eigenvalue weighted by atomic mass is 10.3. The van der Waals surface area contributed by atoms with Crippen molar-refractivity contribution >= 4 is 22.9 Å². The summed E-state index contributed by atoms with van der Waals surface area (Å²) in [4.78, 5) is 8.89. The van der Waals surface area contributed by atoms with Crippen LogP contribution in [-0.4, -0.2) is 19.6 Å². The molecule has 0 saturated heterocycles. The van der Waals surface area contributed by atoms with Crippen LogP contribution in [0.5, 0.6) is 0 Å². The highest BCUT2D eigenvalue weighted by Gasteiger charge is 2.41. The first-order valence-corrected chi connectivity index (χ1v) is 7.72. The van der Waals surface area contributed by atoms with Gasteiger partial charge in [0.05, 0.1) is 29.2 Å². The number of nitrogens with zero attached hydrogens (tertiary/aromatic N) is 5. The lowest BCUT2D eigenvalue weighted by Crippen LogP contribution is -2.09. The predicted octanol–water partition coefficient (Wildman–Crippen LogP) is 3.02. The van der Waals surface area contributed by atoms with E-state index < -0.39 is 0 Å². The van der Waals surface area contributed by atoms with Crippen LogP contribution in [0.4, 0.5) is 5.82 Å². The number of halogens is 1. The number of nitrogens with one attached hydrogen (secondary N) is 1. The molecule has 114 valence electrons. The zero-order chi connectivity index (χ0) is 15.8. The van der Waals surface area contributed by atoms with Gasteiger partial charge in [0.2, 0.25) is 0 Å². The van der Waals surface area contributed by atoms with Crippen molar-refractivity contribution in [1.29, 1.82) is 5.26 Å². The molecule has 3 aromatic heterocycles. The smallest absolute Gasteiger partial charge is 0.156 e. The number of nitriles is 1.